The van der Waals surface area contributed by atoms with Gasteiger partial charge in [-0.25, -0.2) is 0 Å². The molecule has 0 N–H and O–H groups in total. The van der Waals surface area contributed by atoms with Crippen LogP contribution in [0.5, 0.6) is 0 Å². The van der Waals surface area contributed by atoms with Crippen LogP contribution in [0.3, 0.4) is 0 Å². The smallest absolute Gasteiger partial charge is 0.0911 e. The molecule has 0 aromatic heterocycles. The predicted octanol–water partition coefficient (Wildman–Crippen LogP) is 3.60. The fourth-order valence-electron chi connectivity index (χ4n) is 2.00. The Bertz CT molecular complexity index is 520. The average Bonchev–Trinajstić information content (AvgIpc) is 2.46. The van der Waals surface area contributed by atoms with Gasteiger partial charge >= 0.3 is 0 Å². The van der Waals surface area contributed by atoms with E-state index in [1.807, 2.05) is 60.7 Å². The first-order valence-corrected chi connectivity index (χ1v) is 5.76. The van der Waals surface area contributed by atoms with Gasteiger partial charge in [-0.15, -0.1) is 0 Å². The topological polar surface area (TPSA) is 47.6 Å². The predicted molar refractivity (Wildman–Crippen MR) is 69.6 cm³/mol. The third-order valence-corrected chi connectivity index (χ3v) is 2.93. The molecule has 2 rings (SSSR count). The molecular formula is C16H12N2. The van der Waals surface area contributed by atoms with E-state index in [0.29, 0.717) is 0 Å². The van der Waals surface area contributed by atoms with Crippen LogP contribution in [0, 0.1) is 22.7 Å². The van der Waals surface area contributed by atoms with Gasteiger partial charge in [-0.05, 0) is 11.1 Å². The Morgan fingerprint density at radius 2 is 0.944 bits per heavy atom. The van der Waals surface area contributed by atoms with Gasteiger partial charge in [0, 0.05) is 0 Å². The van der Waals surface area contributed by atoms with E-state index in [4.69, 9.17) is 0 Å². The normalized spacial score (nSPS) is 13.0. The summed E-state index contributed by atoms with van der Waals surface area (Å²) in [5.74, 6) is -0.864. The van der Waals surface area contributed by atoms with Crippen LogP contribution in [-0.2, 0) is 0 Å². The van der Waals surface area contributed by atoms with E-state index in [0.717, 1.165) is 11.1 Å². The van der Waals surface area contributed by atoms with E-state index in [1.54, 1.807) is 0 Å². The minimum Gasteiger partial charge on any atom is -0.198 e. The molecule has 86 valence electrons. The summed E-state index contributed by atoms with van der Waals surface area (Å²) < 4.78 is 0. The third-order valence-electron chi connectivity index (χ3n) is 2.93. The Balaban J connectivity index is 2.39. The Morgan fingerprint density at radius 3 is 1.22 bits per heavy atom. The first-order chi connectivity index (χ1) is 8.86. The molecule has 0 aliphatic rings. The fourth-order valence-corrected chi connectivity index (χ4v) is 2.00. The number of hydrogen-bond donors (Lipinski definition) is 0. The standard InChI is InChI=1S/C16H12N2/c17-11-15(13-7-3-1-4-8-13)16(12-18)14-9-5-2-6-10-14/h1-10,15-16H/t15-,16+. The van der Waals surface area contributed by atoms with Crippen LogP contribution < -0.4 is 0 Å². The second kappa shape index (κ2) is 5.66. The quantitative estimate of drug-likeness (QED) is 0.811. The summed E-state index contributed by atoms with van der Waals surface area (Å²) in [5.41, 5.74) is 1.77. The highest BCUT2D eigenvalue weighted by Crippen LogP contribution is 2.31. The van der Waals surface area contributed by atoms with Crippen molar-refractivity contribution in [1.82, 2.24) is 0 Å². The number of rotatable bonds is 3. The Morgan fingerprint density at radius 1 is 0.611 bits per heavy atom. The largest absolute Gasteiger partial charge is 0.198 e. The zero-order valence-corrected chi connectivity index (χ0v) is 9.82. The maximum atomic E-state index is 9.34. The molecule has 0 radical (unpaired) electrons. The van der Waals surface area contributed by atoms with Crippen LogP contribution in [0.2, 0.25) is 0 Å². The molecule has 0 aliphatic heterocycles. The minimum atomic E-state index is -0.432. The van der Waals surface area contributed by atoms with Crippen molar-refractivity contribution in [2.24, 2.45) is 0 Å². The van der Waals surface area contributed by atoms with Gasteiger partial charge in [0.05, 0.1) is 24.0 Å². The summed E-state index contributed by atoms with van der Waals surface area (Å²) in [7, 11) is 0. The van der Waals surface area contributed by atoms with Gasteiger partial charge in [-0.3, -0.25) is 0 Å². The van der Waals surface area contributed by atoms with Crippen LogP contribution in [-0.4, -0.2) is 0 Å². The van der Waals surface area contributed by atoms with E-state index in [-0.39, 0.29) is 0 Å². The van der Waals surface area contributed by atoms with Crippen molar-refractivity contribution >= 4 is 0 Å². The lowest BCUT2D eigenvalue weighted by Gasteiger charge is -2.15. The zero-order chi connectivity index (χ0) is 12.8. The first kappa shape index (κ1) is 11.9. The summed E-state index contributed by atoms with van der Waals surface area (Å²) in [6.45, 7) is 0. The molecule has 2 atom stereocenters. The van der Waals surface area contributed by atoms with Crippen molar-refractivity contribution in [1.29, 1.82) is 10.5 Å². The van der Waals surface area contributed by atoms with E-state index < -0.39 is 11.8 Å². The summed E-state index contributed by atoms with van der Waals surface area (Å²) in [4.78, 5) is 0. The van der Waals surface area contributed by atoms with E-state index in [9.17, 15) is 10.5 Å². The maximum absolute atomic E-state index is 9.34. The summed E-state index contributed by atoms with van der Waals surface area (Å²) >= 11 is 0. The van der Waals surface area contributed by atoms with Gasteiger partial charge in [0.25, 0.3) is 0 Å². The lowest BCUT2D eigenvalue weighted by Crippen LogP contribution is -2.08. The third kappa shape index (κ3) is 2.39. The zero-order valence-electron chi connectivity index (χ0n) is 9.82. The van der Waals surface area contributed by atoms with E-state index >= 15 is 0 Å². The molecule has 0 saturated carbocycles. The Labute approximate surface area is 107 Å². The molecule has 0 fully saturated rings. The van der Waals surface area contributed by atoms with Crippen LogP contribution in [0.25, 0.3) is 0 Å². The van der Waals surface area contributed by atoms with Gasteiger partial charge in [0.2, 0.25) is 0 Å². The van der Waals surface area contributed by atoms with Gasteiger partial charge in [-0.1, -0.05) is 60.7 Å². The molecule has 18 heavy (non-hydrogen) atoms. The van der Waals surface area contributed by atoms with Crippen LogP contribution in [0.1, 0.15) is 23.0 Å². The van der Waals surface area contributed by atoms with Crippen molar-refractivity contribution in [2.45, 2.75) is 11.8 Å². The van der Waals surface area contributed by atoms with Crippen LogP contribution in [0.15, 0.2) is 60.7 Å². The van der Waals surface area contributed by atoms with Crippen molar-refractivity contribution in [2.75, 3.05) is 0 Å². The van der Waals surface area contributed by atoms with Crippen molar-refractivity contribution < 1.29 is 0 Å². The Kier molecular flexibility index (Phi) is 3.74. The van der Waals surface area contributed by atoms with Gasteiger partial charge in [0.1, 0.15) is 0 Å². The molecule has 2 aromatic carbocycles. The molecule has 0 aliphatic carbocycles. The van der Waals surface area contributed by atoms with E-state index in [1.165, 1.54) is 0 Å². The van der Waals surface area contributed by atoms with Crippen LogP contribution in [0.4, 0.5) is 0 Å². The van der Waals surface area contributed by atoms with Crippen LogP contribution >= 0.6 is 0 Å². The second-order valence-electron chi connectivity index (χ2n) is 4.03. The number of hydrogen-bond acceptors (Lipinski definition) is 2. The average molecular weight is 232 g/mol. The highest BCUT2D eigenvalue weighted by Gasteiger charge is 2.24. The highest BCUT2D eigenvalue weighted by atomic mass is 14.4. The number of nitriles is 2. The minimum absolute atomic E-state index is 0.432. The molecule has 0 saturated heterocycles. The molecule has 2 aromatic rings. The second-order valence-corrected chi connectivity index (χ2v) is 4.03. The Hall–Kier alpha value is -2.58. The van der Waals surface area contributed by atoms with Crippen molar-refractivity contribution in [3.8, 4) is 12.1 Å². The lowest BCUT2D eigenvalue weighted by molar-refractivity contribution is 0.761. The summed E-state index contributed by atoms with van der Waals surface area (Å²) in [6.07, 6.45) is 0. The SMILES string of the molecule is N#C[C@H](c1ccccc1)[C@@H](C#N)c1ccccc1. The molecular weight excluding hydrogens is 220 g/mol. The van der Waals surface area contributed by atoms with Crippen molar-refractivity contribution in [3.63, 3.8) is 0 Å². The van der Waals surface area contributed by atoms with Gasteiger partial charge in [0.15, 0.2) is 0 Å². The molecule has 0 bridgehead atoms. The maximum Gasteiger partial charge on any atom is 0.0911 e. The fraction of sp³-hybridized carbons (Fsp3) is 0.125. The lowest BCUT2D eigenvalue weighted by atomic mass is 9.83. The highest BCUT2D eigenvalue weighted by molar-refractivity contribution is 5.36. The molecule has 0 unspecified atom stereocenters. The number of nitrogens with zero attached hydrogens (tertiary/aromatic N) is 2. The van der Waals surface area contributed by atoms with Gasteiger partial charge in [-0.2, -0.15) is 10.5 Å². The van der Waals surface area contributed by atoms with Crippen molar-refractivity contribution in [3.05, 3.63) is 71.8 Å². The molecule has 2 heteroatoms. The summed E-state index contributed by atoms with van der Waals surface area (Å²) in [6, 6.07) is 23.4. The van der Waals surface area contributed by atoms with Gasteiger partial charge < -0.3 is 0 Å². The number of benzene rings is 2. The monoisotopic (exact) mass is 232 g/mol. The molecule has 2 nitrogen and oxygen atoms in total. The molecule has 0 heterocycles. The molecule has 0 spiro atoms. The van der Waals surface area contributed by atoms with E-state index in [2.05, 4.69) is 12.1 Å². The molecule has 0 amide bonds. The summed E-state index contributed by atoms with van der Waals surface area (Å²) in [5, 5.41) is 18.7. The first-order valence-electron chi connectivity index (χ1n) is 5.76.